The molecule has 46 heavy (non-hydrogen) atoms. The number of carbonyl (C=O) groups excluding carboxylic acids is 1. The van der Waals surface area contributed by atoms with E-state index in [0.29, 0.717) is 33.8 Å². The number of carbonyl (C=O) groups is 1. The molecule has 0 aliphatic heterocycles. The van der Waals surface area contributed by atoms with Gasteiger partial charge in [0.25, 0.3) is 0 Å². The van der Waals surface area contributed by atoms with Gasteiger partial charge in [0.1, 0.15) is 11.7 Å². The van der Waals surface area contributed by atoms with Crippen LogP contribution in [0, 0.1) is 24.0 Å². The van der Waals surface area contributed by atoms with Crippen molar-refractivity contribution in [3.8, 4) is 22.8 Å². The molecule has 3 aromatic heterocycles. The average Bonchev–Trinajstić information content (AvgIpc) is 3.52. The first-order valence-electron chi connectivity index (χ1n) is 14.8. The summed E-state index contributed by atoms with van der Waals surface area (Å²) in [5.41, 5.74) is 1.87. The number of aliphatic hydroxyl groups excluding tert-OH is 1. The van der Waals surface area contributed by atoms with Gasteiger partial charge < -0.3 is 24.2 Å². The fourth-order valence-corrected chi connectivity index (χ4v) is 4.99. The third-order valence-corrected chi connectivity index (χ3v) is 7.78. The Kier molecular flexibility index (Phi) is 9.95. The Balaban J connectivity index is 1.68. The fourth-order valence-electron chi connectivity index (χ4n) is 4.99. The molecule has 1 atom stereocenters. The maximum absolute atomic E-state index is 15.4. The second-order valence-electron chi connectivity index (χ2n) is 13.0. The quantitative estimate of drug-likeness (QED) is 0.203. The van der Waals surface area contributed by atoms with Crippen molar-refractivity contribution in [3.63, 3.8) is 0 Å². The number of fused-ring (bicyclic) bond motifs is 1. The molecular formula is C33H42F3N5O5. The number of aliphatic hydroxyl groups is 1. The lowest BCUT2D eigenvalue weighted by Crippen LogP contribution is -2.33. The van der Waals surface area contributed by atoms with Crippen LogP contribution in [0.2, 0.25) is 0 Å². The van der Waals surface area contributed by atoms with E-state index in [9.17, 15) is 18.7 Å². The Bertz CT molecular complexity index is 1730. The first-order valence-corrected chi connectivity index (χ1v) is 14.8. The highest BCUT2D eigenvalue weighted by atomic mass is 19.2. The molecule has 0 aliphatic carbocycles. The Labute approximate surface area is 266 Å². The molecule has 0 spiro atoms. The molecule has 0 fully saturated rings. The number of ether oxygens (including phenoxy) is 3. The van der Waals surface area contributed by atoms with Crippen LogP contribution in [0.15, 0.2) is 30.5 Å². The van der Waals surface area contributed by atoms with Crippen LogP contribution in [-0.2, 0) is 24.8 Å². The van der Waals surface area contributed by atoms with E-state index in [0.717, 1.165) is 11.8 Å². The van der Waals surface area contributed by atoms with Gasteiger partial charge in [0.15, 0.2) is 11.6 Å². The molecule has 1 N–H and O–H groups in total. The summed E-state index contributed by atoms with van der Waals surface area (Å²) in [6.45, 7) is 9.65. The van der Waals surface area contributed by atoms with E-state index in [1.165, 1.54) is 18.1 Å². The smallest absolute Gasteiger partial charge is 0.410 e. The number of methoxy groups -OCH3 is 1. The van der Waals surface area contributed by atoms with E-state index in [1.54, 1.807) is 83.2 Å². The maximum atomic E-state index is 15.4. The van der Waals surface area contributed by atoms with Crippen LogP contribution in [0.1, 0.15) is 63.2 Å². The van der Waals surface area contributed by atoms with E-state index in [1.807, 2.05) is 0 Å². The molecule has 1 amide bonds. The number of halogens is 3. The lowest BCUT2D eigenvalue weighted by Gasteiger charge is -2.26. The van der Waals surface area contributed by atoms with E-state index in [2.05, 4.69) is 10.2 Å². The van der Waals surface area contributed by atoms with Crippen LogP contribution in [0.5, 0.6) is 11.6 Å². The third-order valence-electron chi connectivity index (χ3n) is 7.78. The minimum absolute atomic E-state index is 0.0896. The first kappa shape index (κ1) is 34.6. The van der Waals surface area contributed by atoms with Gasteiger partial charge in [0, 0.05) is 54.4 Å². The van der Waals surface area contributed by atoms with Crippen LogP contribution in [-0.4, -0.2) is 68.5 Å². The van der Waals surface area contributed by atoms with Crippen molar-refractivity contribution in [1.29, 1.82) is 0 Å². The fraction of sp³-hybridized carbons (Fsp3) is 0.485. The number of amides is 1. The van der Waals surface area contributed by atoms with Crippen molar-refractivity contribution in [2.45, 2.75) is 66.2 Å². The van der Waals surface area contributed by atoms with E-state index >= 15 is 4.39 Å². The summed E-state index contributed by atoms with van der Waals surface area (Å²) in [5.74, 6) is -2.26. The summed E-state index contributed by atoms with van der Waals surface area (Å²) >= 11 is 0. The van der Waals surface area contributed by atoms with Crippen molar-refractivity contribution in [2.75, 3.05) is 27.4 Å². The summed E-state index contributed by atoms with van der Waals surface area (Å²) in [6.07, 6.45) is 0.0828. The Hall–Kier alpha value is -4.26. The van der Waals surface area contributed by atoms with E-state index < -0.39 is 41.5 Å². The lowest BCUT2D eigenvalue weighted by molar-refractivity contribution is 0.0266. The predicted molar refractivity (Wildman–Crippen MR) is 167 cm³/mol. The Morgan fingerprint density at radius 3 is 2.48 bits per heavy atom. The second-order valence-corrected chi connectivity index (χ2v) is 13.0. The van der Waals surface area contributed by atoms with Crippen LogP contribution in [0.3, 0.4) is 0 Å². The van der Waals surface area contributed by atoms with Gasteiger partial charge in [-0.25, -0.2) is 13.7 Å². The number of pyridine rings is 1. The molecule has 13 heteroatoms. The molecule has 1 aromatic carbocycles. The molecule has 250 valence electrons. The standard InChI is InChI=1S/C33H42F3N5O5/c1-19-22(28(38-40(19)8)30(42)33(5,6)18-34)12-13-45-29-23(10-11-24(35)27(29)36)20-14-25-21(16-37-41(25)26(15-20)44-9)17-39(7)31(43)46-32(2,3)4/h10-11,14-16,30,42H,12-13,17-18H2,1-9H3. The van der Waals surface area contributed by atoms with Crippen molar-refractivity contribution in [2.24, 2.45) is 12.5 Å². The number of aryl methyl sites for hydroxylation is 1. The van der Waals surface area contributed by atoms with E-state index in [4.69, 9.17) is 14.2 Å². The zero-order chi connectivity index (χ0) is 34.1. The number of benzene rings is 1. The van der Waals surface area contributed by atoms with Crippen LogP contribution in [0.25, 0.3) is 16.6 Å². The van der Waals surface area contributed by atoms with Gasteiger partial charge in [-0.2, -0.15) is 14.6 Å². The average molecular weight is 646 g/mol. The molecule has 10 nitrogen and oxygen atoms in total. The first-order chi connectivity index (χ1) is 21.5. The Morgan fingerprint density at radius 1 is 1.15 bits per heavy atom. The number of nitrogens with zero attached hydrogens (tertiary/aromatic N) is 5. The van der Waals surface area contributed by atoms with Gasteiger partial charge in [0.05, 0.1) is 44.3 Å². The van der Waals surface area contributed by atoms with Crippen molar-refractivity contribution in [1.82, 2.24) is 24.3 Å². The number of alkyl halides is 1. The SMILES string of the molecule is COc1cc(-c2ccc(F)c(F)c2OCCc2c(C(O)C(C)(C)CF)nn(C)c2C)cc2c(CN(C)C(=O)OC(C)(C)C)cnn12. The molecular weight excluding hydrogens is 603 g/mol. The van der Waals surface area contributed by atoms with Gasteiger partial charge in [-0.1, -0.05) is 13.8 Å². The summed E-state index contributed by atoms with van der Waals surface area (Å²) in [5, 5.41) is 19.7. The van der Waals surface area contributed by atoms with Gasteiger partial charge in [0.2, 0.25) is 11.7 Å². The summed E-state index contributed by atoms with van der Waals surface area (Å²) < 4.78 is 63.7. The molecule has 4 rings (SSSR count). The summed E-state index contributed by atoms with van der Waals surface area (Å²) in [6, 6.07) is 5.78. The minimum Gasteiger partial charge on any atom is -0.489 e. The van der Waals surface area contributed by atoms with Crippen LogP contribution in [0.4, 0.5) is 18.0 Å². The lowest BCUT2D eigenvalue weighted by atomic mass is 9.84. The minimum atomic E-state index is -1.19. The largest absolute Gasteiger partial charge is 0.489 e. The molecule has 0 saturated carbocycles. The number of rotatable bonds is 11. The van der Waals surface area contributed by atoms with Gasteiger partial charge in [-0.15, -0.1) is 0 Å². The zero-order valence-electron chi connectivity index (χ0n) is 27.7. The maximum Gasteiger partial charge on any atom is 0.410 e. The van der Waals surface area contributed by atoms with Gasteiger partial charge in [-0.05, 0) is 51.5 Å². The number of hydrogen-bond donors (Lipinski definition) is 1. The monoisotopic (exact) mass is 645 g/mol. The molecule has 0 bridgehead atoms. The highest BCUT2D eigenvalue weighted by molar-refractivity contribution is 5.77. The number of hydrogen-bond acceptors (Lipinski definition) is 7. The molecule has 3 heterocycles. The third kappa shape index (κ3) is 7.09. The van der Waals surface area contributed by atoms with Gasteiger partial charge in [-0.3, -0.25) is 9.07 Å². The predicted octanol–water partition coefficient (Wildman–Crippen LogP) is 6.35. The van der Waals surface area contributed by atoms with E-state index in [-0.39, 0.29) is 30.9 Å². The highest BCUT2D eigenvalue weighted by Crippen LogP contribution is 2.38. The molecule has 0 radical (unpaired) electrons. The van der Waals surface area contributed by atoms with Gasteiger partial charge >= 0.3 is 6.09 Å². The summed E-state index contributed by atoms with van der Waals surface area (Å²) in [7, 11) is 4.77. The van der Waals surface area contributed by atoms with Crippen LogP contribution >= 0.6 is 0 Å². The highest BCUT2D eigenvalue weighted by Gasteiger charge is 2.34. The topological polar surface area (TPSA) is 103 Å². The number of aromatic nitrogens is 4. The molecule has 0 saturated heterocycles. The normalized spacial score (nSPS) is 12.8. The second kappa shape index (κ2) is 13.2. The van der Waals surface area contributed by atoms with Crippen LogP contribution < -0.4 is 9.47 Å². The molecule has 1 unspecified atom stereocenters. The van der Waals surface area contributed by atoms with Crippen molar-refractivity contribution in [3.05, 3.63) is 64.6 Å². The van der Waals surface area contributed by atoms with Crippen molar-refractivity contribution >= 4 is 11.6 Å². The zero-order valence-corrected chi connectivity index (χ0v) is 27.7. The van der Waals surface area contributed by atoms with Crippen molar-refractivity contribution < 1.29 is 37.3 Å². The summed E-state index contributed by atoms with van der Waals surface area (Å²) in [4.78, 5) is 14.0. The molecule has 0 aliphatic rings. The Morgan fingerprint density at radius 2 is 1.85 bits per heavy atom. The molecule has 4 aromatic rings.